The van der Waals surface area contributed by atoms with Crippen LogP contribution in [0.4, 0.5) is 0 Å². The lowest BCUT2D eigenvalue weighted by molar-refractivity contribution is -0.152. The summed E-state index contributed by atoms with van der Waals surface area (Å²) < 4.78 is 11.4. The molecule has 0 unspecified atom stereocenters. The molecule has 2 aliphatic heterocycles. The van der Waals surface area contributed by atoms with Crippen molar-refractivity contribution in [2.75, 3.05) is 13.2 Å². The summed E-state index contributed by atoms with van der Waals surface area (Å²) in [6.07, 6.45) is 3.60. The highest BCUT2D eigenvalue weighted by Gasteiger charge is 2.76. The molecule has 4 aliphatic rings. The summed E-state index contributed by atoms with van der Waals surface area (Å²) in [5.74, 6) is 0.332. The van der Waals surface area contributed by atoms with Gasteiger partial charge in [0.2, 0.25) is 0 Å². The zero-order chi connectivity index (χ0) is 12.5. The van der Waals surface area contributed by atoms with Gasteiger partial charge in [-0.15, -0.1) is 0 Å². The second kappa shape index (κ2) is 3.24. The second-order valence-electron chi connectivity index (χ2n) is 6.36. The Bertz CT molecular complexity index is 457. The fourth-order valence-corrected chi connectivity index (χ4v) is 4.31. The van der Waals surface area contributed by atoms with E-state index in [4.69, 9.17) is 9.47 Å². The third-order valence-corrected chi connectivity index (χ3v) is 5.42. The van der Waals surface area contributed by atoms with Crippen LogP contribution >= 0.6 is 0 Å². The molecule has 1 N–H and O–H groups in total. The number of Topliss-reactive ketones (excluding diaryl/α,β-unsaturated/α-hetero) is 1. The summed E-state index contributed by atoms with van der Waals surface area (Å²) in [7, 11) is 0. The normalized spacial score (nSPS) is 54.0. The summed E-state index contributed by atoms with van der Waals surface area (Å²) in [5, 5.41) is 10.5. The number of rotatable bonds is 0. The number of hydrogen-bond donors (Lipinski definition) is 1. The summed E-state index contributed by atoms with van der Waals surface area (Å²) in [5.41, 5.74) is 0.527. The topological polar surface area (TPSA) is 59.1 Å². The number of fused-ring (bicyclic) bond motifs is 1. The summed E-state index contributed by atoms with van der Waals surface area (Å²) >= 11 is 0. The molecule has 2 heterocycles. The van der Waals surface area contributed by atoms with Crippen molar-refractivity contribution in [2.45, 2.75) is 44.0 Å². The van der Waals surface area contributed by atoms with Crippen LogP contribution in [-0.4, -0.2) is 41.9 Å². The molecule has 3 fully saturated rings. The van der Waals surface area contributed by atoms with Crippen LogP contribution in [0, 0.1) is 11.3 Å². The first kappa shape index (κ1) is 11.1. The van der Waals surface area contributed by atoms with E-state index >= 15 is 0 Å². The van der Waals surface area contributed by atoms with Crippen LogP contribution in [0.2, 0.25) is 0 Å². The average Bonchev–Trinajstić information content (AvgIpc) is 2.97. The van der Waals surface area contributed by atoms with Gasteiger partial charge in [0.25, 0.3) is 0 Å². The van der Waals surface area contributed by atoms with E-state index in [-0.39, 0.29) is 23.2 Å². The monoisotopic (exact) mass is 250 g/mol. The summed E-state index contributed by atoms with van der Waals surface area (Å²) in [6, 6.07) is 0. The van der Waals surface area contributed by atoms with Gasteiger partial charge >= 0.3 is 0 Å². The van der Waals surface area contributed by atoms with Crippen LogP contribution in [0.15, 0.2) is 11.6 Å². The number of hydrogen-bond acceptors (Lipinski definition) is 4. The van der Waals surface area contributed by atoms with Gasteiger partial charge < -0.3 is 14.6 Å². The van der Waals surface area contributed by atoms with Crippen molar-refractivity contribution in [3.05, 3.63) is 11.6 Å². The van der Waals surface area contributed by atoms with Crippen LogP contribution in [0.25, 0.3) is 0 Å². The Labute approximate surface area is 106 Å². The van der Waals surface area contributed by atoms with Crippen molar-refractivity contribution in [3.8, 4) is 0 Å². The molecule has 0 aromatic rings. The largest absolute Gasteiger partial charge is 0.388 e. The Morgan fingerprint density at radius 2 is 2.28 bits per heavy atom. The molecule has 4 nitrogen and oxygen atoms in total. The maximum atomic E-state index is 11.9. The van der Waals surface area contributed by atoms with Crippen molar-refractivity contribution in [2.24, 2.45) is 11.3 Å². The lowest BCUT2D eigenvalue weighted by Gasteiger charge is -2.49. The molecule has 0 aromatic heterocycles. The first-order chi connectivity index (χ1) is 8.58. The van der Waals surface area contributed by atoms with Crippen LogP contribution in [0.5, 0.6) is 0 Å². The van der Waals surface area contributed by atoms with E-state index in [2.05, 4.69) is 0 Å². The molecule has 18 heavy (non-hydrogen) atoms. The number of carbonyl (C=O) groups excluding carboxylic acids is 1. The average molecular weight is 250 g/mol. The Hall–Kier alpha value is -0.710. The molecule has 4 rings (SSSR count). The molecule has 2 saturated heterocycles. The predicted octanol–water partition coefficient (Wildman–Crippen LogP) is 0.831. The predicted molar refractivity (Wildman–Crippen MR) is 63.0 cm³/mol. The van der Waals surface area contributed by atoms with E-state index in [9.17, 15) is 9.90 Å². The quantitative estimate of drug-likeness (QED) is 0.511. The number of allylic oxidation sites excluding steroid dienone is 1. The van der Waals surface area contributed by atoms with Crippen LogP contribution in [-0.2, 0) is 14.3 Å². The van der Waals surface area contributed by atoms with Crippen LogP contribution in [0.3, 0.4) is 0 Å². The number of aliphatic hydroxyl groups excluding tert-OH is 1. The van der Waals surface area contributed by atoms with Crippen LogP contribution in [0.1, 0.15) is 26.2 Å². The molecule has 98 valence electrons. The molecule has 0 bridgehead atoms. The maximum Gasteiger partial charge on any atom is 0.165 e. The Balaban J connectivity index is 1.75. The van der Waals surface area contributed by atoms with E-state index < -0.39 is 11.7 Å². The third kappa shape index (κ3) is 1.14. The lowest BCUT2D eigenvalue weighted by atomic mass is 9.61. The van der Waals surface area contributed by atoms with E-state index in [1.807, 2.05) is 13.0 Å². The Kier molecular flexibility index (Phi) is 2.01. The number of ether oxygens (including phenoxy) is 2. The Morgan fingerprint density at radius 1 is 1.44 bits per heavy atom. The highest BCUT2D eigenvalue weighted by molar-refractivity contribution is 5.91. The number of ketones is 1. The highest BCUT2D eigenvalue weighted by Crippen LogP contribution is 2.63. The third-order valence-electron chi connectivity index (χ3n) is 5.42. The van der Waals surface area contributed by atoms with E-state index in [0.29, 0.717) is 19.6 Å². The zero-order valence-electron chi connectivity index (χ0n) is 10.5. The van der Waals surface area contributed by atoms with Gasteiger partial charge in [-0.25, -0.2) is 0 Å². The van der Waals surface area contributed by atoms with Gasteiger partial charge in [-0.2, -0.15) is 0 Å². The van der Waals surface area contributed by atoms with Crippen molar-refractivity contribution < 1.29 is 19.4 Å². The summed E-state index contributed by atoms with van der Waals surface area (Å²) in [6.45, 7) is 3.12. The number of carbonyl (C=O) groups is 1. The standard InChI is InChI=1S/C14H18O4/c1-8-2-3-13(11(16)4-8)6-17-7-14-10(13)5-9(15)12(14)18-14/h4,10-12,16H,2-3,5-7H2,1H3/t10-,11+,12+,13+,14-/m1/s1. The smallest absolute Gasteiger partial charge is 0.165 e. The van der Waals surface area contributed by atoms with E-state index in [1.165, 1.54) is 5.57 Å². The molecule has 5 atom stereocenters. The minimum atomic E-state index is -0.510. The van der Waals surface area contributed by atoms with Gasteiger partial charge in [-0.3, -0.25) is 4.79 Å². The summed E-state index contributed by atoms with van der Waals surface area (Å²) in [4.78, 5) is 11.9. The SMILES string of the molecule is CC1=C[C@H](O)[C@@]2(CC1)COC[C@]13O[C@H]1C(=O)C[C@H]23. The van der Waals surface area contributed by atoms with Crippen molar-refractivity contribution in [1.82, 2.24) is 0 Å². The molecule has 2 aliphatic carbocycles. The molecule has 1 saturated carbocycles. The molecular weight excluding hydrogens is 232 g/mol. The molecular formula is C14H18O4. The fourth-order valence-electron chi connectivity index (χ4n) is 4.31. The molecule has 2 spiro atoms. The second-order valence-corrected chi connectivity index (χ2v) is 6.36. The maximum absolute atomic E-state index is 11.9. The van der Waals surface area contributed by atoms with E-state index in [1.54, 1.807) is 0 Å². The molecule has 0 radical (unpaired) electrons. The molecule has 4 heteroatoms. The lowest BCUT2D eigenvalue weighted by Crippen LogP contribution is -2.55. The van der Waals surface area contributed by atoms with E-state index in [0.717, 1.165) is 12.8 Å². The fraction of sp³-hybridized carbons (Fsp3) is 0.786. The molecule has 0 amide bonds. The minimum Gasteiger partial charge on any atom is -0.388 e. The Morgan fingerprint density at radius 3 is 3.00 bits per heavy atom. The van der Waals surface area contributed by atoms with Gasteiger partial charge in [-0.05, 0) is 19.8 Å². The van der Waals surface area contributed by atoms with Gasteiger partial charge in [-0.1, -0.05) is 11.6 Å². The van der Waals surface area contributed by atoms with Crippen LogP contribution < -0.4 is 0 Å². The minimum absolute atomic E-state index is 0.135. The van der Waals surface area contributed by atoms with Crippen molar-refractivity contribution >= 4 is 5.78 Å². The van der Waals surface area contributed by atoms with Gasteiger partial charge in [0.05, 0.1) is 19.3 Å². The van der Waals surface area contributed by atoms with Crippen molar-refractivity contribution in [1.29, 1.82) is 0 Å². The number of aliphatic hydroxyl groups is 1. The first-order valence-electron chi connectivity index (χ1n) is 6.72. The van der Waals surface area contributed by atoms with Gasteiger partial charge in [0.1, 0.15) is 11.7 Å². The van der Waals surface area contributed by atoms with Gasteiger partial charge in [0, 0.05) is 17.8 Å². The highest BCUT2D eigenvalue weighted by atomic mass is 16.6. The first-order valence-corrected chi connectivity index (χ1v) is 6.72. The number of epoxide rings is 1. The van der Waals surface area contributed by atoms with Gasteiger partial charge in [0.15, 0.2) is 5.78 Å². The molecule has 0 aromatic carbocycles. The van der Waals surface area contributed by atoms with Crippen molar-refractivity contribution in [3.63, 3.8) is 0 Å². The zero-order valence-corrected chi connectivity index (χ0v) is 10.5.